The summed E-state index contributed by atoms with van der Waals surface area (Å²) < 4.78 is 19.3. The molecule has 0 saturated carbocycles. The summed E-state index contributed by atoms with van der Waals surface area (Å²) in [6.07, 6.45) is 1.10. The fourth-order valence-electron chi connectivity index (χ4n) is 4.72. The van der Waals surface area contributed by atoms with Gasteiger partial charge in [0.05, 0.1) is 13.0 Å². The Labute approximate surface area is 187 Å². The number of carbonyl (C=O) groups excluding carboxylic acids is 2. The van der Waals surface area contributed by atoms with Crippen LogP contribution in [0.25, 0.3) is 0 Å². The normalized spacial score (nSPS) is 19.9. The molecule has 166 valence electrons. The third-order valence-electron chi connectivity index (χ3n) is 6.02. The molecule has 2 aromatic carbocycles. The van der Waals surface area contributed by atoms with Crippen LogP contribution in [-0.4, -0.2) is 18.8 Å². The van der Waals surface area contributed by atoms with Crippen molar-refractivity contribution in [3.8, 4) is 5.75 Å². The summed E-state index contributed by atoms with van der Waals surface area (Å²) in [7, 11) is 1.57. The number of carbonyl (C=O) groups is 2. The van der Waals surface area contributed by atoms with Crippen molar-refractivity contribution in [1.29, 1.82) is 0 Å². The zero-order valence-corrected chi connectivity index (χ0v) is 18.7. The monoisotopic (exact) mass is 434 g/mol. The molecule has 1 heterocycles. The van der Waals surface area contributed by atoms with E-state index in [9.17, 15) is 14.0 Å². The van der Waals surface area contributed by atoms with Crippen LogP contribution in [0, 0.1) is 11.2 Å². The van der Waals surface area contributed by atoms with Crippen LogP contribution in [0.15, 0.2) is 71.1 Å². The number of Topliss-reactive ketones (excluding diaryl/α,β-unsaturated/α-hetero) is 1. The standard InChI is InChI=1S/C26H27FN2O3/c1-15-22(25(31)29-17-9-7-8-16(27)12-17)23(18-10-5-6-11-21(18)32-4)24-19(28-15)13-26(2,3)14-20(24)30/h5-12,23,28H,13-14H2,1-4H3,(H,29,31)/t23-/m1/s1. The van der Waals surface area contributed by atoms with Crippen molar-refractivity contribution >= 4 is 17.4 Å². The van der Waals surface area contributed by atoms with E-state index in [1.807, 2.05) is 31.2 Å². The van der Waals surface area contributed by atoms with Crippen LogP contribution in [-0.2, 0) is 9.59 Å². The Morgan fingerprint density at radius 2 is 1.91 bits per heavy atom. The highest BCUT2D eigenvalue weighted by molar-refractivity contribution is 6.10. The second-order valence-corrected chi connectivity index (χ2v) is 9.14. The Morgan fingerprint density at radius 3 is 2.62 bits per heavy atom. The number of halogens is 1. The molecule has 1 aliphatic carbocycles. The van der Waals surface area contributed by atoms with E-state index in [1.165, 1.54) is 18.2 Å². The van der Waals surface area contributed by atoms with E-state index in [-0.39, 0.29) is 17.1 Å². The zero-order valence-electron chi connectivity index (χ0n) is 18.7. The van der Waals surface area contributed by atoms with Gasteiger partial charge in [-0.1, -0.05) is 38.1 Å². The lowest BCUT2D eigenvalue weighted by molar-refractivity contribution is -0.118. The molecular weight excluding hydrogens is 407 g/mol. The second kappa shape index (κ2) is 8.26. The van der Waals surface area contributed by atoms with E-state index in [0.29, 0.717) is 41.1 Å². The number of rotatable bonds is 4. The molecule has 4 rings (SSSR count). The van der Waals surface area contributed by atoms with Crippen LogP contribution < -0.4 is 15.4 Å². The van der Waals surface area contributed by atoms with Gasteiger partial charge in [-0.15, -0.1) is 0 Å². The molecule has 1 aliphatic heterocycles. The maximum atomic E-state index is 13.7. The van der Waals surface area contributed by atoms with Gasteiger partial charge in [-0.3, -0.25) is 9.59 Å². The van der Waals surface area contributed by atoms with Crippen LogP contribution in [0.4, 0.5) is 10.1 Å². The van der Waals surface area contributed by atoms with Crippen molar-refractivity contribution in [2.45, 2.75) is 39.5 Å². The molecular formula is C26H27FN2O3. The van der Waals surface area contributed by atoms with E-state index in [4.69, 9.17) is 4.74 Å². The van der Waals surface area contributed by atoms with Crippen molar-refractivity contribution in [1.82, 2.24) is 5.32 Å². The van der Waals surface area contributed by atoms with E-state index < -0.39 is 11.7 Å². The predicted molar refractivity (Wildman–Crippen MR) is 122 cm³/mol. The topological polar surface area (TPSA) is 67.4 Å². The highest BCUT2D eigenvalue weighted by atomic mass is 19.1. The number of nitrogens with one attached hydrogen (secondary N) is 2. The van der Waals surface area contributed by atoms with Gasteiger partial charge >= 0.3 is 0 Å². The number of para-hydroxylation sites is 1. The molecule has 2 aliphatic rings. The summed E-state index contributed by atoms with van der Waals surface area (Å²) in [5, 5.41) is 6.13. The predicted octanol–water partition coefficient (Wildman–Crippen LogP) is 5.08. The van der Waals surface area contributed by atoms with Gasteiger partial charge in [-0.25, -0.2) is 4.39 Å². The fraction of sp³-hybridized carbons (Fsp3) is 0.308. The van der Waals surface area contributed by atoms with Gasteiger partial charge < -0.3 is 15.4 Å². The molecule has 2 N–H and O–H groups in total. The lowest BCUT2D eigenvalue weighted by atomic mass is 9.68. The van der Waals surface area contributed by atoms with Gasteiger partial charge in [0, 0.05) is 40.2 Å². The van der Waals surface area contributed by atoms with Gasteiger partial charge in [-0.2, -0.15) is 0 Å². The Morgan fingerprint density at radius 1 is 1.16 bits per heavy atom. The van der Waals surface area contributed by atoms with Gasteiger partial charge in [0.1, 0.15) is 11.6 Å². The molecule has 0 aromatic heterocycles. The van der Waals surface area contributed by atoms with Crippen LogP contribution >= 0.6 is 0 Å². The number of allylic oxidation sites excluding steroid dienone is 3. The minimum atomic E-state index is -0.584. The molecule has 0 fully saturated rings. The van der Waals surface area contributed by atoms with Crippen LogP contribution in [0.1, 0.15) is 45.1 Å². The summed E-state index contributed by atoms with van der Waals surface area (Å²) in [5.41, 5.74) is 3.47. The molecule has 1 amide bonds. The lowest BCUT2D eigenvalue weighted by Crippen LogP contribution is -2.39. The lowest BCUT2D eigenvalue weighted by Gasteiger charge is -2.40. The van der Waals surface area contributed by atoms with Crippen LogP contribution in [0.3, 0.4) is 0 Å². The maximum Gasteiger partial charge on any atom is 0.254 e. The van der Waals surface area contributed by atoms with Crippen molar-refractivity contribution in [2.24, 2.45) is 5.41 Å². The van der Waals surface area contributed by atoms with Crippen molar-refractivity contribution in [2.75, 3.05) is 12.4 Å². The highest BCUT2D eigenvalue weighted by Gasteiger charge is 2.43. The summed E-state index contributed by atoms with van der Waals surface area (Å²) in [6, 6.07) is 13.2. The van der Waals surface area contributed by atoms with Crippen molar-refractivity contribution < 1.29 is 18.7 Å². The average molecular weight is 435 g/mol. The molecule has 0 radical (unpaired) electrons. The number of amides is 1. The first kappa shape index (κ1) is 21.8. The number of ketones is 1. The van der Waals surface area contributed by atoms with Crippen LogP contribution in [0.2, 0.25) is 0 Å². The van der Waals surface area contributed by atoms with Gasteiger partial charge in [0.25, 0.3) is 5.91 Å². The molecule has 2 aromatic rings. The van der Waals surface area contributed by atoms with Gasteiger partial charge in [0.15, 0.2) is 5.78 Å². The third-order valence-corrected chi connectivity index (χ3v) is 6.02. The van der Waals surface area contributed by atoms with E-state index >= 15 is 0 Å². The number of dihydropyridines is 1. The SMILES string of the molecule is COc1ccccc1[C@@H]1C(C(=O)Nc2cccc(F)c2)=C(C)NC2=C1C(=O)CC(C)(C)C2. The summed E-state index contributed by atoms with van der Waals surface area (Å²) >= 11 is 0. The molecule has 0 saturated heterocycles. The zero-order chi connectivity index (χ0) is 23.0. The maximum absolute atomic E-state index is 13.7. The Bertz CT molecular complexity index is 1160. The number of benzene rings is 2. The Balaban J connectivity index is 1.84. The number of hydrogen-bond acceptors (Lipinski definition) is 4. The van der Waals surface area contributed by atoms with E-state index in [2.05, 4.69) is 24.5 Å². The highest BCUT2D eigenvalue weighted by Crippen LogP contribution is 2.48. The first-order valence-corrected chi connectivity index (χ1v) is 10.6. The summed E-state index contributed by atoms with van der Waals surface area (Å²) in [4.78, 5) is 26.8. The second-order valence-electron chi connectivity index (χ2n) is 9.14. The van der Waals surface area contributed by atoms with Crippen molar-refractivity contribution in [3.05, 3.63) is 82.5 Å². The quantitative estimate of drug-likeness (QED) is 0.705. The average Bonchev–Trinajstić information content (AvgIpc) is 2.71. The number of hydrogen-bond donors (Lipinski definition) is 2. The Kier molecular flexibility index (Phi) is 5.63. The molecule has 0 bridgehead atoms. The molecule has 5 nitrogen and oxygen atoms in total. The first-order chi connectivity index (χ1) is 15.2. The van der Waals surface area contributed by atoms with Crippen molar-refractivity contribution in [3.63, 3.8) is 0 Å². The summed E-state index contributed by atoms with van der Waals surface area (Å²) in [5.74, 6) is -0.789. The molecule has 6 heteroatoms. The molecule has 1 atom stereocenters. The van der Waals surface area contributed by atoms with E-state index in [0.717, 1.165) is 11.3 Å². The molecule has 0 spiro atoms. The smallest absolute Gasteiger partial charge is 0.254 e. The minimum Gasteiger partial charge on any atom is -0.496 e. The van der Waals surface area contributed by atoms with Gasteiger partial charge in [-0.05, 0) is 43.0 Å². The third kappa shape index (κ3) is 4.05. The number of methoxy groups -OCH3 is 1. The number of ether oxygens (including phenoxy) is 1. The largest absolute Gasteiger partial charge is 0.496 e. The van der Waals surface area contributed by atoms with Crippen LogP contribution in [0.5, 0.6) is 5.75 Å². The summed E-state index contributed by atoms with van der Waals surface area (Å²) in [6.45, 7) is 5.97. The Hall–Kier alpha value is -3.41. The van der Waals surface area contributed by atoms with Gasteiger partial charge in [0.2, 0.25) is 0 Å². The number of anilines is 1. The van der Waals surface area contributed by atoms with E-state index in [1.54, 1.807) is 13.2 Å². The first-order valence-electron chi connectivity index (χ1n) is 10.6. The fourth-order valence-corrected chi connectivity index (χ4v) is 4.72. The minimum absolute atomic E-state index is 0.0169. The molecule has 32 heavy (non-hydrogen) atoms. The molecule has 0 unspecified atom stereocenters.